The van der Waals surface area contributed by atoms with Crippen molar-refractivity contribution in [1.82, 2.24) is 0 Å². The van der Waals surface area contributed by atoms with Gasteiger partial charge in [-0.25, -0.2) is 0 Å². The van der Waals surface area contributed by atoms with E-state index in [4.69, 9.17) is 30.0 Å². The number of rotatable bonds is 0. The summed E-state index contributed by atoms with van der Waals surface area (Å²) in [5, 5.41) is 33.3. The largest absolute Gasteiger partial charge is 2.00 e. The van der Waals surface area contributed by atoms with E-state index in [0.29, 0.717) is 0 Å². The maximum Gasteiger partial charge on any atom is 2.00 e. The Hall–Kier alpha value is 4.58. The Labute approximate surface area is 224 Å². The minimum Gasteiger partial charge on any atom is -1.00 e. The van der Waals surface area contributed by atoms with E-state index >= 15 is 0 Å². The average Bonchev–Trinajstić information content (AvgIpc) is 1.25. The smallest absolute Gasteiger partial charge is 1.00 e. The number of carboxylic acid groups (broad SMARTS) is 4. The normalized spacial score (nSPS) is 3.69. The van der Waals surface area contributed by atoms with Crippen molar-refractivity contribution in [3.8, 4) is 0 Å². The van der Waals surface area contributed by atoms with E-state index in [1.54, 1.807) is 0 Å². The molecule has 0 fully saturated rings. The molecule has 0 aliphatic heterocycles. The van der Waals surface area contributed by atoms with Gasteiger partial charge in [0, 0.05) is 0 Å². The van der Waals surface area contributed by atoms with E-state index in [9.17, 15) is 0 Å². The number of carbonyl (C=O) groups excluding carboxylic acids is 2. The zero-order valence-corrected chi connectivity index (χ0v) is 19.8. The molecule has 0 aromatic rings. The van der Waals surface area contributed by atoms with Gasteiger partial charge in [0.05, 0.1) is 0 Å². The van der Waals surface area contributed by atoms with Gasteiger partial charge >= 0.3 is 185 Å². The standard InChI is InChI=1S/2CH2O3.2K.Mg.2Na.2H/c2*2-1(3)4;;;;;;;/h2*(H2,2,3,4);;;;;;;/q;;2*+1;+2;2*+1;2*-1/p-4. The van der Waals surface area contributed by atoms with Crippen molar-refractivity contribution in [2.75, 3.05) is 0 Å². The topological polar surface area (TPSA) is 126 Å². The molecule has 0 aromatic heterocycles. The van der Waals surface area contributed by atoms with Crippen LogP contribution in [0, 0.1) is 0 Å². The van der Waals surface area contributed by atoms with Crippen LogP contribution in [-0.4, -0.2) is 35.4 Å². The third-order valence-corrected chi connectivity index (χ3v) is 0. The Bertz CT molecular complexity index is 93.1. The fourth-order valence-electron chi connectivity index (χ4n) is 0. The fraction of sp³-hybridized carbons (Fsp3) is 0. The Balaban J connectivity index is -0.00000000468. The number of hydrogen-bond donors (Lipinski definition) is 0. The van der Waals surface area contributed by atoms with Gasteiger partial charge in [0.15, 0.2) is 0 Å². The molecule has 0 aromatic carbocycles. The van der Waals surface area contributed by atoms with Gasteiger partial charge in [0.2, 0.25) is 0 Å². The summed E-state index contributed by atoms with van der Waals surface area (Å²) >= 11 is 0. The summed E-state index contributed by atoms with van der Waals surface area (Å²) in [7, 11) is 0. The van der Waals surface area contributed by atoms with E-state index in [0.717, 1.165) is 0 Å². The summed E-state index contributed by atoms with van der Waals surface area (Å²) in [6, 6.07) is 0. The zero-order chi connectivity index (χ0) is 7.15. The zero-order valence-electron chi connectivity index (χ0n) is 10.2. The molecule has 0 bridgehead atoms. The van der Waals surface area contributed by atoms with Crippen LogP contribution in [0.5, 0.6) is 0 Å². The predicted octanol–water partition coefficient (Wildman–Crippen LogP) is -17.0. The third-order valence-electron chi connectivity index (χ3n) is 0. The van der Waals surface area contributed by atoms with Gasteiger partial charge in [0.25, 0.3) is 0 Å². The minimum absolute atomic E-state index is 0. The third kappa shape index (κ3) is 168. The Morgan fingerprint density at radius 3 is 0.769 bits per heavy atom. The van der Waals surface area contributed by atoms with Crippen LogP contribution < -0.4 is 182 Å². The second-order valence-corrected chi connectivity index (χ2v) is 0.500. The van der Waals surface area contributed by atoms with Gasteiger partial charge in [-0.15, -0.1) is 0 Å². The summed E-state index contributed by atoms with van der Waals surface area (Å²) in [6.45, 7) is 0. The van der Waals surface area contributed by atoms with Crippen LogP contribution in [0.3, 0.4) is 0 Å². The van der Waals surface area contributed by atoms with E-state index in [1.807, 2.05) is 0 Å². The molecule has 0 rings (SSSR count). The first-order valence-corrected chi connectivity index (χ1v) is 1.22. The van der Waals surface area contributed by atoms with E-state index < -0.39 is 12.3 Å². The molecule has 0 heterocycles. The molecular weight excluding hydrogens is 268 g/mol. The number of hydrogen-bond acceptors (Lipinski definition) is 6. The van der Waals surface area contributed by atoms with E-state index in [1.165, 1.54) is 0 Å². The predicted molar refractivity (Wildman–Crippen MR) is 18.8 cm³/mol. The SMILES string of the molecule is O=C([O-])[O-].O=C([O-])[O-].[H-].[H-].[K+].[K+].[Mg+2].[Na+].[Na+]. The summed E-state index contributed by atoms with van der Waals surface area (Å²) in [5.41, 5.74) is 0. The van der Waals surface area contributed by atoms with Crippen molar-refractivity contribution < 1.29 is 195 Å². The quantitative estimate of drug-likeness (QED) is 0.402. The van der Waals surface area contributed by atoms with E-state index in [-0.39, 0.29) is 188 Å². The summed E-state index contributed by atoms with van der Waals surface area (Å²) in [4.78, 5) is 16.7. The van der Waals surface area contributed by atoms with Gasteiger partial charge in [0.1, 0.15) is 0 Å². The summed E-state index contributed by atoms with van der Waals surface area (Å²) < 4.78 is 0. The first kappa shape index (κ1) is 43.2. The minimum atomic E-state index is -2.33. The first-order valence-electron chi connectivity index (χ1n) is 1.22. The Kier molecular flexibility index (Phi) is 119. The van der Waals surface area contributed by atoms with Crippen molar-refractivity contribution in [3.05, 3.63) is 0 Å². The van der Waals surface area contributed by atoms with Crippen LogP contribution in [0.25, 0.3) is 0 Å². The second-order valence-electron chi connectivity index (χ2n) is 0.500. The van der Waals surface area contributed by atoms with Crippen LogP contribution in [0.15, 0.2) is 0 Å². The molecular formula is C2H2K2MgNa2O6. The summed E-state index contributed by atoms with van der Waals surface area (Å²) in [5.74, 6) is 0. The molecule has 0 saturated carbocycles. The van der Waals surface area contributed by atoms with Crippen molar-refractivity contribution >= 4 is 35.4 Å². The first-order chi connectivity index (χ1) is 3.46. The van der Waals surface area contributed by atoms with Crippen molar-refractivity contribution in [2.45, 2.75) is 0 Å². The Morgan fingerprint density at radius 2 is 0.769 bits per heavy atom. The van der Waals surface area contributed by atoms with Crippen LogP contribution >= 0.6 is 0 Å². The molecule has 0 unspecified atom stereocenters. The molecule has 0 aliphatic rings. The fourth-order valence-corrected chi connectivity index (χ4v) is 0. The van der Waals surface area contributed by atoms with Gasteiger partial charge in [-0.2, -0.15) is 0 Å². The van der Waals surface area contributed by atoms with Crippen molar-refractivity contribution in [1.29, 1.82) is 0 Å². The van der Waals surface area contributed by atoms with Crippen LogP contribution in [0.4, 0.5) is 9.59 Å². The molecule has 0 saturated heterocycles. The van der Waals surface area contributed by atoms with Crippen LogP contribution in [0.2, 0.25) is 0 Å². The molecule has 13 heavy (non-hydrogen) atoms. The van der Waals surface area contributed by atoms with Gasteiger partial charge in [-0.1, -0.05) is 0 Å². The molecule has 52 valence electrons. The van der Waals surface area contributed by atoms with Crippen LogP contribution in [0.1, 0.15) is 2.85 Å². The van der Waals surface area contributed by atoms with Crippen molar-refractivity contribution in [2.24, 2.45) is 0 Å². The molecule has 11 heteroatoms. The van der Waals surface area contributed by atoms with Crippen molar-refractivity contribution in [3.63, 3.8) is 0 Å². The molecule has 0 atom stereocenters. The van der Waals surface area contributed by atoms with Gasteiger partial charge in [-0.3, -0.25) is 0 Å². The molecule has 0 radical (unpaired) electrons. The second kappa shape index (κ2) is 36.0. The summed E-state index contributed by atoms with van der Waals surface area (Å²) in [6.07, 6.45) is -4.67. The molecule has 0 N–H and O–H groups in total. The number of carbonyl (C=O) groups is 2. The average molecular weight is 271 g/mol. The molecule has 0 aliphatic carbocycles. The van der Waals surface area contributed by atoms with E-state index in [2.05, 4.69) is 0 Å². The van der Waals surface area contributed by atoms with Gasteiger partial charge in [-0.05, 0) is 12.3 Å². The molecule has 0 amide bonds. The maximum atomic E-state index is 8.33. The molecule has 0 spiro atoms. The van der Waals surface area contributed by atoms with Crippen LogP contribution in [-0.2, 0) is 0 Å². The molecule has 6 nitrogen and oxygen atoms in total. The monoisotopic (exact) mass is 270 g/mol. The van der Waals surface area contributed by atoms with Gasteiger partial charge < -0.3 is 32.9 Å². The maximum absolute atomic E-state index is 8.33. The Morgan fingerprint density at radius 1 is 0.769 bits per heavy atom.